The highest BCUT2D eigenvalue weighted by Crippen LogP contribution is 2.42. The molecular formula is C48H32N2S. The second-order valence-corrected chi connectivity index (χ2v) is 14.7. The molecule has 0 radical (unpaired) electrons. The molecule has 3 heterocycles. The Bertz CT molecular complexity index is 2990. The van der Waals surface area contributed by atoms with Gasteiger partial charge in [0.25, 0.3) is 0 Å². The number of thiophene rings is 1. The van der Waals surface area contributed by atoms with Gasteiger partial charge in [0.2, 0.25) is 0 Å². The van der Waals surface area contributed by atoms with Gasteiger partial charge < -0.3 is 9.13 Å². The van der Waals surface area contributed by atoms with Gasteiger partial charge in [0.05, 0.1) is 22.1 Å². The maximum Gasteiger partial charge on any atom is 0.0542 e. The topological polar surface area (TPSA) is 9.86 Å². The first-order chi connectivity index (χ1) is 25.3. The summed E-state index contributed by atoms with van der Waals surface area (Å²) in [5.74, 6) is 0. The number of aryl methyl sites for hydroxylation is 1. The molecule has 1 aliphatic carbocycles. The third-order valence-electron chi connectivity index (χ3n) is 10.8. The number of fused-ring (bicyclic) bond motifs is 9. The predicted molar refractivity (Wildman–Crippen MR) is 219 cm³/mol. The minimum atomic E-state index is 1.13. The Labute approximate surface area is 299 Å². The molecule has 0 spiro atoms. The molecule has 0 N–H and O–H groups in total. The van der Waals surface area contributed by atoms with Crippen molar-refractivity contribution in [2.45, 2.75) is 12.8 Å². The predicted octanol–water partition coefficient (Wildman–Crippen LogP) is 13.4. The number of aromatic nitrogens is 2. The minimum absolute atomic E-state index is 1.13. The molecule has 240 valence electrons. The second-order valence-electron chi connectivity index (χ2n) is 13.6. The Morgan fingerprint density at radius 3 is 1.75 bits per heavy atom. The summed E-state index contributed by atoms with van der Waals surface area (Å²) in [7, 11) is 0. The van der Waals surface area contributed by atoms with Crippen LogP contribution < -0.4 is 0 Å². The zero-order chi connectivity index (χ0) is 33.5. The summed E-state index contributed by atoms with van der Waals surface area (Å²) in [6.07, 6.45) is 6.91. The largest absolute Gasteiger partial charge is 0.309 e. The van der Waals surface area contributed by atoms with Gasteiger partial charge in [-0.15, -0.1) is 11.3 Å². The Kier molecular flexibility index (Phi) is 6.28. The molecular weight excluding hydrogens is 637 g/mol. The van der Waals surface area contributed by atoms with Gasteiger partial charge in [0, 0.05) is 47.9 Å². The molecule has 0 aliphatic heterocycles. The van der Waals surface area contributed by atoms with Crippen LogP contribution in [0.3, 0.4) is 0 Å². The Morgan fingerprint density at radius 1 is 0.431 bits per heavy atom. The standard InChI is InChI=1S/C48H32N2S/c1-5-22-43-37(16-1)38-17-2-6-23-44(38)50(43)35-26-27-46-42(30-35)39-18-3-7-24-45(39)49(46)34-15-10-13-32(29-34)31-12-9-14-33(28-31)36-20-11-21-41-40-19-4-8-25-47(40)51-48(36)41/h1-7,9-24,26-30H,8,25H2. The van der Waals surface area contributed by atoms with Crippen molar-refractivity contribution >= 4 is 71.1 Å². The first-order valence-corrected chi connectivity index (χ1v) is 18.6. The monoisotopic (exact) mass is 668 g/mol. The van der Waals surface area contributed by atoms with Gasteiger partial charge in [-0.1, -0.05) is 115 Å². The third-order valence-corrected chi connectivity index (χ3v) is 12.1. The van der Waals surface area contributed by atoms with Gasteiger partial charge in [0.1, 0.15) is 0 Å². The quantitative estimate of drug-likeness (QED) is 0.177. The molecule has 3 aromatic heterocycles. The molecule has 3 heteroatoms. The molecule has 11 rings (SSSR count). The lowest BCUT2D eigenvalue weighted by atomic mass is 9.96. The van der Waals surface area contributed by atoms with E-state index in [2.05, 4.69) is 179 Å². The van der Waals surface area contributed by atoms with E-state index in [1.165, 1.54) is 92.1 Å². The molecule has 0 atom stereocenters. The van der Waals surface area contributed by atoms with Crippen molar-refractivity contribution in [1.82, 2.24) is 9.13 Å². The molecule has 0 saturated carbocycles. The van der Waals surface area contributed by atoms with Gasteiger partial charge in [-0.2, -0.15) is 0 Å². The summed E-state index contributed by atoms with van der Waals surface area (Å²) < 4.78 is 6.23. The van der Waals surface area contributed by atoms with Crippen LogP contribution >= 0.6 is 11.3 Å². The van der Waals surface area contributed by atoms with Crippen molar-refractivity contribution in [1.29, 1.82) is 0 Å². The maximum absolute atomic E-state index is 2.43. The second kappa shape index (κ2) is 11.2. The summed E-state index contributed by atoms with van der Waals surface area (Å²) in [4.78, 5) is 1.51. The zero-order valence-corrected chi connectivity index (χ0v) is 28.7. The number of hydrogen-bond donors (Lipinski definition) is 0. The molecule has 0 saturated heterocycles. The van der Waals surface area contributed by atoms with E-state index in [1.54, 1.807) is 0 Å². The summed E-state index contributed by atoms with van der Waals surface area (Å²) in [6, 6.07) is 58.1. The molecule has 1 aliphatic rings. The maximum atomic E-state index is 2.43. The van der Waals surface area contributed by atoms with Crippen LogP contribution in [0.15, 0.2) is 164 Å². The number of allylic oxidation sites excluding steroid dienone is 1. The van der Waals surface area contributed by atoms with Crippen LogP contribution in [0.5, 0.6) is 0 Å². The van der Waals surface area contributed by atoms with Crippen molar-refractivity contribution in [3.8, 4) is 33.6 Å². The fraction of sp³-hybridized carbons (Fsp3) is 0.0417. The molecule has 0 fully saturated rings. The molecule has 2 nitrogen and oxygen atoms in total. The van der Waals surface area contributed by atoms with Crippen molar-refractivity contribution in [2.24, 2.45) is 0 Å². The number of rotatable bonds is 4. The van der Waals surface area contributed by atoms with E-state index >= 15 is 0 Å². The summed E-state index contributed by atoms with van der Waals surface area (Å²) in [5, 5.41) is 6.44. The van der Waals surface area contributed by atoms with Gasteiger partial charge in [-0.25, -0.2) is 0 Å². The molecule has 0 bridgehead atoms. The third kappa shape index (κ3) is 4.35. The lowest BCUT2D eigenvalue weighted by Crippen LogP contribution is -1.96. The molecule has 51 heavy (non-hydrogen) atoms. The van der Waals surface area contributed by atoms with Crippen molar-refractivity contribution in [2.75, 3.05) is 0 Å². The fourth-order valence-corrected chi connectivity index (χ4v) is 9.81. The lowest BCUT2D eigenvalue weighted by Gasteiger charge is -2.12. The highest BCUT2D eigenvalue weighted by molar-refractivity contribution is 7.20. The first kappa shape index (κ1) is 28.7. The van der Waals surface area contributed by atoms with Crippen LogP contribution in [0.1, 0.15) is 16.9 Å². The average molecular weight is 669 g/mol. The van der Waals surface area contributed by atoms with E-state index in [0.29, 0.717) is 0 Å². The van der Waals surface area contributed by atoms with Crippen LogP contribution in [0, 0.1) is 0 Å². The molecule has 0 amide bonds. The average Bonchev–Trinajstić information content (AvgIpc) is 3.86. The normalized spacial score (nSPS) is 12.9. The number of hydrogen-bond acceptors (Lipinski definition) is 1. The van der Waals surface area contributed by atoms with E-state index in [1.807, 2.05) is 11.3 Å². The van der Waals surface area contributed by atoms with Crippen LogP contribution in [0.4, 0.5) is 0 Å². The van der Waals surface area contributed by atoms with Crippen LogP contribution in [-0.2, 0) is 6.42 Å². The highest BCUT2D eigenvalue weighted by Gasteiger charge is 2.18. The lowest BCUT2D eigenvalue weighted by molar-refractivity contribution is 1.02. The van der Waals surface area contributed by atoms with E-state index in [9.17, 15) is 0 Å². The van der Waals surface area contributed by atoms with E-state index in [4.69, 9.17) is 0 Å². The Hall–Kier alpha value is -6.16. The van der Waals surface area contributed by atoms with Crippen LogP contribution in [-0.4, -0.2) is 9.13 Å². The SMILES string of the molecule is C1=Cc2c(sc3c(-c4cccc(-c5cccc(-n6c7ccccc7c7cc(-n8c9ccccc9c9ccccc98)ccc76)c5)c4)cccc23)CC1. The Morgan fingerprint density at radius 2 is 1.00 bits per heavy atom. The highest BCUT2D eigenvalue weighted by atomic mass is 32.1. The van der Waals surface area contributed by atoms with Gasteiger partial charge in [0.15, 0.2) is 0 Å². The molecule has 10 aromatic rings. The first-order valence-electron chi connectivity index (χ1n) is 17.7. The number of para-hydroxylation sites is 3. The fourth-order valence-electron chi connectivity index (χ4n) is 8.47. The summed E-state index contributed by atoms with van der Waals surface area (Å²) >= 11 is 1.97. The van der Waals surface area contributed by atoms with Gasteiger partial charge in [-0.3, -0.25) is 0 Å². The molecule has 0 unspecified atom stereocenters. The van der Waals surface area contributed by atoms with E-state index in [-0.39, 0.29) is 0 Å². The number of benzene rings is 7. The van der Waals surface area contributed by atoms with Gasteiger partial charge in [-0.05, 0) is 95.3 Å². The smallest absolute Gasteiger partial charge is 0.0542 e. The van der Waals surface area contributed by atoms with Crippen molar-refractivity contribution in [3.05, 3.63) is 174 Å². The summed E-state index contributed by atoms with van der Waals surface area (Å²) in [5.41, 5.74) is 13.6. The van der Waals surface area contributed by atoms with Crippen LogP contribution in [0.25, 0.3) is 93.4 Å². The summed E-state index contributed by atoms with van der Waals surface area (Å²) in [6.45, 7) is 0. The Balaban J connectivity index is 1.05. The van der Waals surface area contributed by atoms with Gasteiger partial charge >= 0.3 is 0 Å². The van der Waals surface area contributed by atoms with Crippen molar-refractivity contribution < 1.29 is 0 Å². The van der Waals surface area contributed by atoms with Crippen LogP contribution in [0.2, 0.25) is 0 Å². The molecule has 7 aromatic carbocycles. The number of nitrogens with zero attached hydrogens (tertiary/aromatic N) is 2. The van der Waals surface area contributed by atoms with Crippen molar-refractivity contribution in [3.63, 3.8) is 0 Å². The minimum Gasteiger partial charge on any atom is -0.309 e. The zero-order valence-electron chi connectivity index (χ0n) is 27.9. The van der Waals surface area contributed by atoms with E-state index < -0.39 is 0 Å². The van der Waals surface area contributed by atoms with E-state index in [0.717, 1.165) is 18.5 Å².